The molecule has 2 amide bonds. The molecule has 35 heavy (non-hydrogen) atoms. The Morgan fingerprint density at radius 2 is 1.63 bits per heavy atom. The Bertz CT molecular complexity index is 1250. The van der Waals surface area contributed by atoms with Crippen LogP contribution >= 0.6 is 11.6 Å². The number of benzene rings is 2. The first kappa shape index (κ1) is 23.2. The molecule has 1 aromatic heterocycles. The Labute approximate surface area is 209 Å². The molecule has 1 saturated heterocycles. The van der Waals surface area contributed by atoms with Gasteiger partial charge in [-0.3, -0.25) is 9.59 Å². The number of nitrogens with zero attached hydrogens (tertiary/aromatic N) is 4. The fourth-order valence-electron chi connectivity index (χ4n) is 4.40. The van der Waals surface area contributed by atoms with Gasteiger partial charge in [-0.1, -0.05) is 53.6 Å². The van der Waals surface area contributed by atoms with Crippen molar-refractivity contribution in [3.05, 3.63) is 76.1 Å². The molecule has 0 unspecified atom stereocenters. The van der Waals surface area contributed by atoms with E-state index in [1.54, 1.807) is 27.5 Å². The van der Waals surface area contributed by atoms with Crippen molar-refractivity contribution in [3.8, 4) is 11.5 Å². The number of rotatable bonds is 4. The van der Waals surface area contributed by atoms with Gasteiger partial charge in [-0.05, 0) is 31.5 Å². The Balaban J connectivity index is 1.21. The Kier molecular flexibility index (Phi) is 6.38. The normalized spacial score (nSPS) is 17.4. The van der Waals surface area contributed by atoms with Crippen LogP contribution in [0.5, 0.6) is 11.5 Å². The number of aryl methyl sites for hydroxylation is 2. The van der Waals surface area contributed by atoms with Crippen LogP contribution < -0.4 is 9.47 Å². The maximum atomic E-state index is 13.3. The van der Waals surface area contributed by atoms with Crippen LogP contribution in [0.25, 0.3) is 0 Å². The third-order valence-electron chi connectivity index (χ3n) is 6.39. The molecule has 8 nitrogen and oxygen atoms in total. The van der Waals surface area contributed by atoms with Crippen molar-refractivity contribution in [2.75, 3.05) is 32.8 Å². The number of hydrogen-bond donors (Lipinski definition) is 0. The highest BCUT2D eigenvalue weighted by Gasteiger charge is 2.34. The fourth-order valence-corrected chi connectivity index (χ4v) is 4.72. The van der Waals surface area contributed by atoms with Crippen molar-refractivity contribution in [2.24, 2.45) is 0 Å². The van der Waals surface area contributed by atoms with Crippen LogP contribution in [0.4, 0.5) is 0 Å². The van der Waals surface area contributed by atoms with E-state index in [1.807, 2.05) is 49.4 Å². The van der Waals surface area contributed by atoms with Gasteiger partial charge in [0, 0.05) is 26.2 Å². The molecule has 1 atom stereocenters. The van der Waals surface area contributed by atoms with Crippen LogP contribution in [0.1, 0.15) is 27.2 Å². The average molecular weight is 495 g/mol. The summed E-state index contributed by atoms with van der Waals surface area (Å²) < 4.78 is 13.2. The van der Waals surface area contributed by atoms with E-state index >= 15 is 0 Å². The van der Waals surface area contributed by atoms with Gasteiger partial charge in [-0.25, -0.2) is 4.68 Å². The molecule has 0 N–H and O–H groups in total. The number of aromatic nitrogens is 2. The van der Waals surface area contributed by atoms with Gasteiger partial charge in [0.2, 0.25) is 6.10 Å². The van der Waals surface area contributed by atoms with E-state index in [4.69, 9.17) is 21.1 Å². The lowest BCUT2D eigenvalue weighted by Gasteiger charge is -2.37. The molecule has 0 radical (unpaired) electrons. The van der Waals surface area contributed by atoms with Gasteiger partial charge in [0.15, 0.2) is 11.5 Å². The first-order chi connectivity index (χ1) is 16.9. The summed E-state index contributed by atoms with van der Waals surface area (Å²) in [5.74, 6) is 0.911. The second-order valence-electron chi connectivity index (χ2n) is 8.88. The van der Waals surface area contributed by atoms with Gasteiger partial charge < -0.3 is 19.3 Å². The Hall–Kier alpha value is -3.52. The van der Waals surface area contributed by atoms with Gasteiger partial charge in [0.25, 0.3) is 11.8 Å². The van der Waals surface area contributed by atoms with E-state index < -0.39 is 6.10 Å². The molecule has 2 aliphatic heterocycles. The van der Waals surface area contributed by atoms with E-state index in [-0.39, 0.29) is 18.4 Å². The van der Waals surface area contributed by atoms with Crippen LogP contribution in [0, 0.1) is 13.8 Å². The molecule has 1 fully saturated rings. The van der Waals surface area contributed by atoms with Gasteiger partial charge in [0.05, 0.1) is 17.8 Å². The van der Waals surface area contributed by atoms with Crippen molar-refractivity contribution >= 4 is 23.4 Å². The minimum atomic E-state index is -0.691. The van der Waals surface area contributed by atoms with Crippen LogP contribution in [0.2, 0.25) is 5.15 Å². The molecule has 0 bridgehead atoms. The Morgan fingerprint density at radius 3 is 2.34 bits per heavy atom. The minimum absolute atomic E-state index is 0.133. The maximum absolute atomic E-state index is 13.3. The molecule has 5 rings (SSSR count). The summed E-state index contributed by atoms with van der Waals surface area (Å²) in [6, 6.07) is 15.4. The number of hydrogen-bond acceptors (Lipinski definition) is 5. The zero-order valence-corrected chi connectivity index (χ0v) is 20.5. The molecular formula is C26H27ClN4O4. The predicted octanol–water partition coefficient (Wildman–Crippen LogP) is 3.33. The first-order valence-electron chi connectivity index (χ1n) is 11.7. The Morgan fingerprint density at radius 1 is 0.971 bits per heavy atom. The van der Waals surface area contributed by atoms with Gasteiger partial charge in [-0.15, -0.1) is 0 Å². The van der Waals surface area contributed by atoms with Crippen LogP contribution in [0.3, 0.4) is 0 Å². The zero-order chi connectivity index (χ0) is 24.5. The van der Waals surface area contributed by atoms with Gasteiger partial charge >= 0.3 is 0 Å². The highest BCUT2D eigenvalue weighted by Crippen LogP contribution is 2.31. The largest absolute Gasteiger partial charge is 0.485 e. The topological polar surface area (TPSA) is 76.9 Å². The van der Waals surface area contributed by atoms with Crippen LogP contribution in [-0.4, -0.2) is 70.3 Å². The zero-order valence-electron chi connectivity index (χ0n) is 19.7. The highest BCUT2D eigenvalue weighted by molar-refractivity contribution is 6.33. The number of carbonyl (C=O) groups excluding carboxylic acids is 2. The van der Waals surface area contributed by atoms with E-state index in [1.165, 1.54) is 5.56 Å². The molecule has 3 heterocycles. The smallest absolute Gasteiger partial charge is 0.267 e. The molecule has 9 heteroatoms. The number of fused-ring (bicyclic) bond motifs is 1. The molecule has 0 saturated carbocycles. The summed E-state index contributed by atoms with van der Waals surface area (Å²) in [6.45, 7) is 6.14. The quantitative estimate of drug-likeness (QED) is 0.556. The van der Waals surface area contributed by atoms with Crippen LogP contribution in [0.15, 0.2) is 48.5 Å². The standard InChI is InChI=1S/C26H27ClN4O4/c1-17-7-9-19(10-8-17)15-31-24(27)23(18(2)28-31)26(33)30-13-11-29(12-14-30)25(32)22-16-34-20-5-3-4-6-21(20)35-22/h3-10,22H,11-16H2,1-2H3/t22-/m0/s1. The number of carbonyl (C=O) groups is 2. The summed E-state index contributed by atoms with van der Waals surface area (Å²) in [5, 5.41) is 4.84. The number of ether oxygens (including phenoxy) is 2. The number of amides is 2. The second kappa shape index (κ2) is 9.62. The van der Waals surface area contributed by atoms with Crippen LogP contribution in [-0.2, 0) is 11.3 Å². The van der Waals surface area contributed by atoms with E-state index in [2.05, 4.69) is 5.10 Å². The summed E-state index contributed by atoms with van der Waals surface area (Å²) in [7, 11) is 0. The van der Waals surface area contributed by atoms with E-state index in [0.29, 0.717) is 60.6 Å². The first-order valence-corrected chi connectivity index (χ1v) is 12.0. The van der Waals surface area contributed by atoms with Crippen molar-refractivity contribution in [1.82, 2.24) is 19.6 Å². The average Bonchev–Trinajstić information content (AvgIpc) is 3.16. The van der Waals surface area contributed by atoms with Crippen molar-refractivity contribution in [3.63, 3.8) is 0 Å². The van der Waals surface area contributed by atoms with Gasteiger partial charge in [0.1, 0.15) is 11.8 Å². The maximum Gasteiger partial charge on any atom is 0.267 e. The second-order valence-corrected chi connectivity index (χ2v) is 9.23. The minimum Gasteiger partial charge on any atom is -0.485 e. The summed E-state index contributed by atoms with van der Waals surface area (Å²) in [5.41, 5.74) is 3.25. The molecule has 182 valence electrons. The highest BCUT2D eigenvalue weighted by atomic mass is 35.5. The molecule has 3 aromatic rings. The lowest BCUT2D eigenvalue weighted by atomic mass is 10.1. The van der Waals surface area contributed by atoms with Gasteiger partial charge in [-0.2, -0.15) is 5.10 Å². The molecule has 2 aromatic carbocycles. The van der Waals surface area contributed by atoms with Crippen molar-refractivity contribution in [2.45, 2.75) is 26.5 Å². The van der Waals surface area contributed by atoms with Crippen molar-refractivity contribution < 1.29 is 19.1 Å². The summed E-state index contributed by atoms with van der Waals surface area (Å²) in [6.07, 6.45) is -0.691. The van der Waals surface area contributed by atoms with Crippen molar-refractivity contribution in [1.29, 1.82) is 0 Å². The summed E-state index contributed by atoms with van der Waals surface area (Å²) in [4.78, 5) is 29.8. The number of piperazine rings is 1. The number of halogens is 1. The van der Waals surface area contributed by atoms with E-state index in [9.17, 15) is 9.59 Å². The third-order valence-corrected chi connectivity index (χ3v) is 6.78. The molecule has 0 spiro atoms. The molecular weight excluding hydrogens is 468 g/mol. The summed E-state index contributed by atoms with van der Waals surface area (Å²) >= 11 is 6.60. The SMILES string of the molecule is Cc1ccc(Cn2nc(C)c(C(=O)N3CCN(C(=O)[C@@H]4COc5ccccc5O4)CC3)c2Cl)cc1. The molecule has 2 aliphatic rings. The lowest BCUT2D eigenvalue weighted by Crippen LogP contribution is -2.55. The number of para-hydroxylation sites is 2. The monoisotopic (exact) mass is 494 g/mol. The fraction of sp³-hybridized carbons (Fsp3) is 0.346. The molecule has 0 aliphatic carbocycles. The lowest BCUT2D eigenvalue weighted by molar-refractivity contribution is -0.142. The predicted molar refractivity (Wildman–Crippen MR) is 131 cm³/mol. The van der Waals surface area contributed by atoms with E-state index in [0.717, 1.165) is 5.56 Å². The third kappa shape index (κ3) is 4.71.